The van der Waals surface area contributed by atoms with E-state index in [-0.39, 0.29) is 16.3 Å². The molecule has 8 heteroatoms. The summed E-state index contributed by atoms with van der Waals surface area (Å²) >= 11 is 0. The number of ether oxygens (including phenoxy) is 1. The highest BCUT2D eigenvalue weighted by Gasteiger charge is 2.15. The predicted octanol–water partition coefficient (Wildman–Crippen LogP) is 6.75. The standard InChI is InChI=1S/C15H33N.C12H12N2O4S/c1-4-7-10-13-16(14-11-8-5-2)15-12-9-6-3;13-8-1-3-9(4-2-8)18-10-5-6-11(14)12(7-10)19(15,16)17/h4-15H2,1-3H3;1-7H,13-14H2,(H,15,16,17). The highest BCUT2D eigenvalue weighted by molar-refractivity contribution is 7.86. The van der Waals surface area contributed by atoms with E-state index in [1.54, 1.807) is 24.3 Å². The molecule has 7 nitrogen and oxygen atoms in total. The Kier molecular flexibility index (Phi) is 15.1. The minimum Gasteiger partial charge on any atom is -0.457 e. The van der Waals surface area contributed by atoms with Gasteiger partial charge in [-0.1, -0.05) is 59.3 Å². The molecule has 0 saturated heterocycles. The molecule has 2 aromatic rings. The van der Waals surface area contributed by atoms with Crippen LogP contribution in [0.5, 0.6) is 11.5 Å². The lowest BCUT2D eigenvalue weighted by Gasteiger charge is -2.22. The number of benzene rings is 2. The number of anilines is 2. The molecule has 198 valence electrons. The van der Waals surface area contributed by atoms with E-state index < -0.39 is 10.1 Å². The van der Waals surface area contributed by atoms with Gasteiger partial charge >= 0.3 is 0 Å². The van der Waals surface area contributed by atoms with Crippen molar-refractivity contribution in [2.45, 2.75) is 83.5 Å². The van der Waals surface area contributed by atoms with Crippen LogP contribution in [0.1, 0.15) is 78.6 Å². The minimum absolute atomic E-state index is 0.0489. The fraction of sp³-hybridized carbons (Fsp3) is 0.556. The molecule has 0 heterocycles. The van der Waals surface area contributed by atoms with Gasteiger partial charge in [0.2, 0.25) is 0 Å². The molecule has 0 radical (unpaired) electrons. The molecule has 0 saturated carbocycles. The largest absolute Gasteiger partial charge is 0.457 e. The van der Waals surface area contributed by atoms with Crippen LogP contribution in [-0.2, 0) is 10.1 Å². The number of nitrogens with zero attached hydrogens (tertiary/aromatic N) is 1. The number of rotatable bonds is 15. The van der Waals surface area contributed by atoms with Gasteiger partial charge in [-0.05, 0) is 75.3 Å². The van der Waals surface area contributed by atoms with Gasteiger partial charge in [-0.25, -0.2) is 0 Å². The Hall–Kier alpha value is -2.29. The third kappa shape index (κ3) is 13.4. The molecule has 0 aliphatic carbocycles. The molecule has 0 aliphatic rings. The molecule has 0 aliphatic heterocycles. The van der Waals surface area contributed by atoms with E-state index in [0.717, 1.165) is 6.07 Å². The van der Waals surface area contributed by atoms with Crippen molar-refractivity contribution in [3.8, 4) is 11.5 Å². The summed E-state index contributed by atoms with van der Waals surface area (Å²) in [7, 11) is -4.38. The van der Waals surface area contributed by atoms with E-state index >= 15 is 0 Å². The first-order valence-corrected chi connectivity index (χ1v) is 14.3. The molecule has 2 rings (SSSR count). The van der Waals surface area contributed by atoms with Gasteiger partial charge in [-0.2, -0.15) is 8.42 Å². The molecule has 0 atom stereocenters. The first kappa shape index (κ1) is 30.7. The fourth-order valence-corrected chi connectivity index (χ4v) is 4.20. The summed E-state index contributed by atoms with van der Waals surface area (Å²) in [5, 5.41) is 0. The summed E-state index contributed by atoms with van der Waals surface area (Å²) in [6, 6.07) is 10.6. The Morgan fingerprint density at radius 3 is 1.63 bits per heavy atom. The van der Waals surface area contributed by atoms with Crippen molar-refractivity contribution >= 4 is 21.5 Å². The zero-order valence-electron chi connectivity index (χ0n) is 21.7. The van der Waals surface area contributed by atoms with Crippen LogP contribution in [-0.4, -0.2) is 37.5 Å². The Morgan fingerprint density at radius 1 is 0.743 bits per heavy atom. The lowest BCUT2D eigenvalue weighted by Crippen LogP contribution is -2.27. The first-order valence-electron chi connectivity index (χ1n) is 12.8. The zero-order valence-corrected chi connectivity index (χ0v) is 22.5. The number of hydrogen-bond acceptors (Lipinski definition) is 6. The molecule has 35 heavy (non-hydrogen) atoms. The van der Waals surface area contributed by atoms with Crippen LogP contribution < -0.4 is 16.2 Å². The molecule has 0 unspecified atom stereocenters. The predicted molar refractivity (Wildman–Crippen MR) is 147 cm³/mol. The average Bonchev–Trinajstić information content (AvgIpc) is 2.81. The topological polar surface area (TPSA) is 119 Å². The lowest BCUT2D eigenvalue weighted by molar-refractivity contribution is 0.256. The van der Waals surface area contributed by atoms with Crippen molar-refractivity contribution in [2.24, 2.45) is 0 Å². The van der Waals surface area contributed by atoms with Gasteiger partial charge < -0.3 is 21.1 Å². The Morgan fingerprint density at radius 2 is 1.20 bits per heavy atom. The number of nitrogen functional groups attached to an aromatic ring is 2. The second-order valence-electron chi connectivity index (χ2n) is 8.81. The van der Waals surface area contributed by atoms with Crippen molar-refractivity contribution in [1.82, 2.24) is 4.90 Å². The van der Waals surface area contributed by atoms with Crippen LogP contribution in [0, 0.1) is 0 Å². The summed E-state index contributed by atoms with van der Waals surface area (Å²) in [4.78, 5) is 2.31. The van der Waals surface area contributed by atoms with E-state index in [0.29, 0.717) is 11.4 Å². The maximum atomic E-state index is 11.1. The van der Waals surface area contributed by atoms with Crippen LogP contribution in [0.2, 0.25) is 0 Å². The fourth-order valence-electron chi connectivity index (χ4n) is 3.57. The van der Waals surface area contributed by atoms with Crippen molar-refractivity contribution in [2.75, 3.05) is 31.1 Å². The monoisotopic (exact) mass is 507 g/mol. The molecule has 0 fully saturated rings. The van der Waals surface area contributed by atoms with Crippen molar-refractivity contribution in [3.05, 3.63) is 42.5 Å². The van der Waals surface area contributed by atoms with Crippen LogP contribution in [0.15, 0.2) is 47.4 Å². The molecular formula is C27H45N3O4S. The number of nitrogens with two attached hydrogens (primary N) is 2. The Balaban J connectivity index is 0.000000357. The number of hydrogen-bond donors (Lipinski definition) is 3. The third-order valence-electron chi connectivity index (χ3n) is 5.61. The Bertz CT molecular complexity index is 910. The molecule has 5 N–H and O–H groups in total. The second kappa shape index (κ2) is 17.2. The minimum atomic E-state index is -4.38. The second-order valence-corrected chi connectivity index (χ2v) is 10.2. The lowest BCUT2D eigenvalue weighted by atomic mass is 10.2. The van der Waals surface area contributed by atoms with Crippen LogP contribution in [0.25, 0.3) is 0 Å². The van der Waals surface area contributed by atoms with Crippen molar-refractivity contribution in [3.63, 3.8) is 0 Å². The van der Waals surface area contributed by atoms with E-state index in [2.05, 4.69) is 25.7 Å². The van der Waals surface area contributed by atoms with Crippen molar-refractivity contribution in [1.29, 1.82) is 0 Å². The van der Waals surface area contributed by atoms with E-state index in [1.807, 2.05) is 0 Å². The van der Waals surface area contributed by atoms with Crippen LogP contribution in [0.4, 0.5) is 11.4 Å². The van der Waals surface area contributed by atoms with Gasteiger partial charge in [0.25, 0.3) is 10.1 Å². The highest BCUT2D eigenvalue weighted by atomic mass is 32.2. The normalized spacial score (nSPS) is 11.2. The van der Waals surface area contributed by atoms with E-state index in [1.165, 1.54) is 89.6 Å². The van der Waals surface area contributed by atoms with Gasteiger partial charge in [0.15, 0.2) is 0 Å². The highest BCUT2D eigenvalue weighted by Crippen LogP contribution is 2.28. The smallest absolute Gasteiger partial charge is 0.296 e. The van der Waals surface area contributed by atoms with E-state index in [4.69, 9.17) is 20.8 Å². The van der Waals surface area contributed by atoms with Crippen LogP contribution >= 0.6 is 0 Å². The summed E-state index contributed by atoms with van der Waals surface area (Å²) in [6.45, 7) is 10.9. The molecular weight excluding hydrogens is 462 g/mol. The van der Waals surface area contributed by atoms with E-state index in [9.17, 15) is 8.42 Å². The summed E-state index contributed by atoms with van der Waals surface area (Å²) < 4.78 is 36.7. The molecule has 0 bridgehead atoms. The first-order chi connectivity index (χ1) is 16.7. The third-order valence-corrected chi connectivity index (χ3v) is 6.52. The summed E-state index contributed by atoms with van der Waals surface area (Å²) in [5.74, 6) is 0.729. The van der Waals surface area contributed by atoms with Gasteiger partial charge in [0, 0.05) is 11.8 Å². The van der Waals surface area contributed by atoms with Gasteiger partial charge in [-0.3, -0.25) is 4.55 Å². The Labute approximate surface area is 212 Å². The van der Waals surface area contributed by atoms with Crippen molar-refractivity contribution < 1.29 is 17.7 Å². The molecule has 2 aromatic carbocycles. The quantitative estimate of drug-likeness (QED) is 0.139. The molecule has 0 aromatic heterocycles. The SMILES string of the molecule is CCCCCN(CCCCC)CCCCC.Nc1ccc(Oc2ccc(N)c(S(=O)(=O)O)c2)cc1. The van der Waals surface area contributed by atoms with Gasteiger partial charge in [0.1, 0.15) is 16.4 Å². The number of unbranched alkanes of at least 4 members (excludes halogenated alkanes) is 6. The summed E-state index contributed by atoms with van der Waals surface area (Å²) in [6.07, 6.45) is 12.4. The van der Waals surface area contributed by atoms with Gasteiger partial charge in [0.05, 0.1) is 5.69 Å². The van der Waals surface area contributed by atoms with Gasteiger partial charge in [-0.15, -0.1) is 0 Å². The maximum absolute atomic E-state index is 11.1. The summed E-state index contributed by atoms with van der Waals surface area (Å²) in [5.41, 5.74) is 11.6. The molecule has 0 amide bonds. The average molecular weight is 508 g/mol. The zero-order chi connectivity index (χ0) is 26.1. The maximum Gasteiger partial charge on any atom is 0.296 e. The van der Waals surface area contributed by atoms with Crippen LogP contribution in [0.3, 0.4) is 0 Å². The molecule has 0 spiro atoms.